The molecule has 4 heteroatoms. The van der Waals surface area contributed by atoms with Gasteiger partial charge in [-0.2, -0.15) is 0 Å². The van der Waals surface area contributed by atoms with Crippen LogP contribution in [0.3, 0.4) is 0 Å². The number of benzene rings is 1. The lowest BCUT2D eigenvalue weighted by Crippen LogP contribution is -2.01. The van der Waals surface area contributed by atoms with Crippen LogP contribution in [0.5, 0.6) is 0 Å². The Morgan fingerprint density at radius 1 is 1.28 bits per heavy atom. The zero-order valence-corrected chi connectivity index (χ0v) is 12.2. The van der Waals surface area contributed by atoms with E-state index in [9.17, 15) is 0 Å². The summed E-state index contributed by atoms with van der Waals surface area (Å²) in [5, 5.41) is 0.628. The summed E-state index contributed by atoms with van der Waals surface area (Å²) in [5.74, 6) is 1.16. The predicted molar refractivity (Wildman–Crippen MR) is 77.2 cm³/mol. The van der Waals surface area contributed by atoms with E-state index in [0.717, 1.165) is 22.8 Å². The first-order valence-corrected chi connectivity index (χ1v) is 6.77. The van der Waals surface area contributed by atoms with E-state index in [1.165, 1.54) is 0 Å². The highest BCUT2D eigenvalue weighted by atomic mass is 35.5. The summed E-state index contributed by atoms with van der Waals surface area (Å²) in [6.07, 6.45) is 0. The van der Waals surface area contributed by atoms with Crippen LogP contribution in [0.1, 0.15) is 30.6 Å². The van der Waals surface area contributed by atoms with Crippen LogP contribution in [0, 0.1) is 12.8 Å². The van der Waals surface area contributed by atoms with Crippen LogP contribution in [-0.2, 0) is 0 Å². The van der Waals surface area contributed by atoms with E-state index in [1.807, 2.05) is 31.2 Å². The van der Waals surface area contributed by atoms with Gasteiger partial charge in [-0.3, -0.25) is 0 Å². The number of imidazole rings is 1. The van der Waals surface area contributed by atoms with E-state index >= 15 is 0 Å². The fourth-order valence-corrected chi connectivity index (χ4v) is 2.23. The van der Waals surface area contributed by atoms with E-state index in [-0.39, 0.29) is 5.38 Å². The molecule has 0 saturated carbocycles. The van der Waals surface area contributed by atoms with Gasteiger partial charge in [-0.1, -0.05) is 37.6 Å². The maximum Gasteiger partial charge on any atom is 0.137 e. The van der Waals surface area contributed by atoms with Crippen molar-refractivity contribution >= 4 is 23.2 Å². The summed E-state index contributed by atoms with van der Waals surface area (Å²) in [4.78, 5) is 7.87. The molecule has 1 aromatic heterocycles. The molecule has 0 aliphatic rings. The molecule has 0 saturated heterocycles. The quantitative estimate of drug-likeness (QED) is 0.791. The second-order valence-corrected chi connectivity index (χ2v) is 5.66. The van der Waals surface area contributed by atoms with Crippen molar-refractivity contribution < 1.29 is 0 Å². The summed E-state index contributed by atoms with van der Waals surface area (Å²) in [5.41, 5.74) is 2.91. The van der Waals surface area contributed by atoms with E-state index in [4.69, 9.17) is 23.2 Å². The lowest BCUT2D eigenvalue weighted by atomic mass is 10.1. The van der Waals surface area contributed by atoms with Crippen LogP contribution >= 0.6 is 23.2 Å². The topological polar surface area (TPSA) is 28.7 Å². The van der Waals surface area contributed by atoms with Gasteiger partial charge in [0.05, 0.1) is 11.1 Å². The molecule has 1 N–H and O–H groups in total. The minimum atomic E-state index is -0.0748. The average Bonchev–Trinajstić information content (AvgIpc) is 2.70. The molecule has 1 atom stereocenters. The van der Waals surface area contributed by atoms with Gasteiger partial charge in [0.2, 0.25) is 0 Å². The SMILES string of the molecule is Cc1[nH]c(-c2cccc(Cl)c2)nc1C(Cl)C(C)C. The van der Waals surface area contributed by atoms with Crippen LogP contribution in [0.4, 0.5) is 0 Å². The molecule has 18 heavy (non-hydrogen) atoms. The van der Waals surface area contributed by atoms with Crippen molar-refractivity contribution in [3.05, 3.63) is 40.7 Å². The van der Waals surface area contributed by atoms with Gasteiger partial charge < -0.3 is 4.98 Å². The molecular weight excluding hydrogens is 267 g/mol. The van der Waals surface area contributed by atoms with Crippen molar-refractivity contribution in [2.75, 3.05) is 0 Å². The molecule has 2 nitrogen and oxygen atoms in total. The van der Waals surface area contributed by atoms with Crippen LogP contribution in [0.15, 0.2) is 24.3 Å². The molecule has 1 heterocycles. The second kappa shape index (κ2) is 5.33. The van der Waals surface area contributed by atoms with Crippen molar-refractivity contribution in [1.29, 1.82) is 0 Å². The largest absolute Gasteiger partial charge is 0.342 e. The van der Waals surface area contributed by atoms with Gasteiger partial charge >= 0.3 is 0 Å². The number of aryl methyl sites for hydroxylation is 1. The number of aromatic nitrogens is 2. The van der Waals surface area contributed by atoms with Crippen molar-refractivity contribution in [2.24, 2.45) is 5.92 Å². The maximum absolute atomic E-state index is 6.37. The summed E-state index contributed by atoms with van der Waals surface area (Å²) in [7, 11) is 0. The fourth-order valence-electron chi connectivity index (χ4n) is 1.83. The molecule has 1 aromatic carbocycles. The summed E-state index contributed by atoms with van der Waals surface area (Å²) in [6, 6.07) is 7.63. The van der Waals surface area contributed by atoms with Gasteiger partial charge in [-0.15, -0.1) is 11.6 Å². The molecule has 0 spiro atoms. The lowest BCUT2D eigenvalue weighted by Gasteiger charge is -2.10. The third kappa shape index (κ3) is 2.70. The third-order valence-electron chi connectivity index (χ3n) is 2.87. The van der Waals surface area contributed by atoms with Crippen LogP contribution in [0.25, 0.3) is 11.4 Å². The van der Waals surface area contributed by atoms with E-state index < -0.39 is 0 Å². The first kappa shape index (κ1) is 13.4. The number of halogens is 2. The highest BCUT2D eigenvalue weighted by Crippen LogP contribution is 2.31. The molecule has 1 unspecified atom stereocenters. The first-order valence-electron chi connectivity index (χ1n) is 5.95. The van der Waals surface area contributed by atoms with Gasteiger partial charge in [0.1, 0.15) is 5.82 Å². The Hall–Kier alpha value is -0.990. The predicted octanol–water partition coefficient (Wildman–Crippen LogP) is 4.97. The number of hydrogen-bond acceptors (Lipinski definition) is 1. The Morgan fingerprint density at radius 2 is 2.00 bits per heavy atom. The van der Waals surface area contributed by atoms with Crippen LogP contribution in [0.2, 0.25) is 5.02 Å². The number of H-pyrrole nitrogens is 1. The molecular formula is C14H16Cl2N2. The Labute approximate surface area is 117 Å². The van der Waals surface area contributed by atoms with Crippen molar-refractivity contribution in [1.82, 2.24) is 9.97 Å². The van der Waals surface area contributed by atoms with Crippen molar-refractivity contribution in [3.8, 4) is 11.4 Å². The number of rotatable bonds is 3. The smallest absolute Gasteiger partial charge is 0.137 e. The third-order valence-corrected chi connectivity index (χ3v) is 3.81. The van der Waals surface area contributed by atoms with E-state index in [2.05, 4.69) is 23.8 Å². The number of nitrogens with one attached hydrogen (secondary N) is 1. The first-order chi connectivity index (χ1) is 8.49. The standard InChI is InChI=1S/C14H16Cl2N2/c1-8(2)12(16)13-9(3)17-14(18-13)10-5-4-6-11(15)7-10/h4-8,12H,1-3H3,(H,17,18). The van der Waals surface area contributed by atoms with Gasteiger partial charge in [-0.05, 0) is 25.0 Å². The molecule has 0 aliphatic heterocycles. The maximum atomic E-state index is 6.37. The Morgan fingerprint density at radius 3 is 2.61 bits per heavy atom. The monoisotopic (exact) mass is 282 g/mol. The molecule has 0 fully saturated rings. The average molecular weight is 283 g/mol. The molecule has 96 valence electrons. The normalized spacial score (nSPS) is 13.0. The lowest BCUT2D eigenvalue weighted by molar-refractivity contribution is 0.612. The zero-order valence-electron chi connectivity index (χ0n) is 10.7. The summed E-state index contributed by atoms with van der Waals surface area (Å²) in [6.45, 7) is 6.17. The molecule has 0 bridgehead atoms. The van der Waals surface area contributed by atoms with E-state index in [1.54, 1.807) is 0 Å². The Bertz CT molecular complexity index is 546. The number of nitrogens with zero attached hydrogens (tertiary/aromatic N) is 1. The van der Waals surface area contributed by atoms with Gasteiger partial charge in [0, 0.05) is 16.3 Å². The molecule has 0 radical (unpaired) electrons. The van der Waals surface area contributed by atoms with Crippen LogP contribution in [-0.4, -0.2) is 9.97 Å². The van der Waals surface area contributed by atoms with Gasteiger partial charge in [-0.25, -0.2) is 4.98 Å². The highest BCUT2D eigenvalue weighted by Gasteiger charge is 2.19. The minimum absolute atomic E-state index is 0.0748. The van der Waals surface area contributed by atoms with Gasteiger partial charge in [0.15, 0.2) is 0 Å². The van der Waals surface area contributed by atoms with Crippen LogP contribution < -0.4 is 0 Å². The Kier molecular flexibility index (Phi) is 3.98. The summed E-state index contributed by atoms with van der Waals surface area (Å²) < 4.78 is 0. The molecule has 2 aromatic rings. The van der Waals surface area contributed by atoms with Crippen molar-refractivity contribution in [2.45, 2.75) is 26.1 Å². The molecule has 2 rings (SSSR count). The van der Waals surface area contributed by atoms with E-state index in [0.29, 0.717) is 10.9 Å². The highest BCUT2D eigenvalue weighted by molar-refractivity contribution is 6.30. The number of aromatic amines is 1. The zero-order chi connectivity index (χ0) is 13.3. The Balaban J connectivity index is 2.40. The molecule has 0 aliphatic carbocycles. The summed E-state index contributed by atoms with van der Waals surface area (Å²) >= 11 is 12.4. The van der Waals surface area contributed by atoms with Gasteiger partial charge in [0.25, 0.3) is 0 Å². The number of alkyl halides is 1. The minimum Gasteiger partial charge on any atom is -0.342 e. The molecule has 0 amide bonds. The fraction of sp³-hybridized carbons (Fsp3) is 0.357. The second-order valence-electron chi connectivity index (χ2n) is 4.75. The number of hydrogen-bond donors (Lipinski definition) is 1. The van der Waals surface area contributed by atoms with Crippen molar-refractivity contribution in [3.63, 3.8) is 0 Å².